The van der Waals surface area contributed by atoms with Crippen molar-refractivity contribution in [1.29, 1.82) is 0 Å². The number of benzene rings is 1. The lowest BCUT2D eigenvalue weighted by Gasteiger charge is -1.98. The maximum Gasteiger partial charge on any atom is 0.377 e. The van der Waals surface area contributed by atoms with Crippen LogP contribution in [0.1, 0.15) is 23.0 Å². The Hall–Kier alpha value is -1.55. The lowest BCUT2D eigenvalue weighted by molar-refractivity contribution is 0.0483. The highest BCUT2D eigenvalue weighted by atomic mass is 35.5. The quantitative estimate of drug-likeness (QED) is 0.756. The van der Waals surface area contributed by atoms with Gasteiger partial charge in [-0.2, -0.15) is 0 Å². The average molecular weight is 240 g/mol. The standard InChI is InChI=1S/C11H10ClNO3/c1-3-15-11(14)10-7-4-6(2)8(12)5-9(7)13-16-10/h4-5H,3H2,1-2H3. The fourth-order valence-electron chi connectivity index (χ4n) is 1.42. The highest BCUT2D eigenvalue weighted by molar-refractivity contribution is 6.32. The van der Waals surface area contributed by atoms with Crippen molar-refractivity contribution in [3.8, 4) is 0 Å². The van der Waals surface area contributed by atoms with E-state index in [9.17, 15) is 4.79 Å². The van der Waals surface area contributed by atoms with Gasteiger partial charge in [-0.1, -0.05) is 16.8 Å². The number of aromatic nitrogens is 1. The molecule has 0 unspecified atom stereocenters. The van der Waals surface area contributed by atoms with Crippen molar-refractivity contribution < 1.29 is 14.1 Å². The summed E-state index contributed by atoms with van der Waals surface area (Å²) in [6.45, 7) is 3.88. The first-order chi connectivity index (χ1) is 7.63. The number of nitrogens with zero attached hydrogens (tertiary/aromatic N) is 1. The van der Waals surface area contributed by atoms with Gasteiger partial charge in [-0.05, 0) is 31.5 Å². The molecule has 0 aliphatic rings. The molecule has 0 bridgehead atoms. The summed E-state index contributed by atoms with van der Waals surface area (Å²) in [5.74, 6) is -0.386. The van der Waals surface area contributed by atoms with Crippen molar-refractivity contribution in [1.82, 2.24) is 5.16 Å². The van der Waals surface area contributed by atoms with Crippen LogP contribution in [0.3, 0.4) is 0 Å². The van der Waals surface area contributed by atoms with Gasteiger partial charge in [-0.25, -0.2) is 4.79 Å². The molecule has 0 atom stereocenters. The van der Waals surface area contributed by atoms with E-state index in [1.807, 2.05) is 6.92 Å². The minimum atomic E-state index is -0.508. The number of ether oxygens (including phenoxy) is 1. The van der Waals surface area contributed by atoms with Crippen LogP contribution in [0.2, 0.25) is 5.02 Å². The molecule has 1 aromatic carbocycles. The molecule has 4 nitrogen and oxygen atoms in total. The summed E-state index contributed by atoms with van der Waals surface area (Å²) in [5.41, 5.74) is 1.42. The second-order valence-electron chi connectivity index (χ2n) is 3.35. The molecule has 1 heterocycles. The first-order valence-electron chi connectivity index (χ1n) is 4.86. The van der Waals surface area contributed by atoms with Gasteiger partial charge in [0, 0.05) is 5.02 Å². The van der Waals surface area contributed by atoms with Crippen molar-refractivity contribution in [2.24, 2.45) is 0 Å². The predicted octanol–water partition coefficient (Wildman–Crippen LogP) is 2.97. The Morgan fingerprint density at radius 3 is 3.00 bits per heavy atom. The molecule has 0 aliphatic heterocycles. The van der Waals surface area contributed by atoms with Crippen LogP contribution in [0.4, 0.5) is 0 Å². The Balaban J connectivity index is 2.56. The Morgan fingerprint density at radius 1 is 1.56 bits per heavy atom. The summed E-state index contributed by atoms with van der Waals surface area (Å²) in [6, 6.07) is 3.43. The molecular formula is C11H10ClNO3. The van der Waals surface area contributed by atoms with Crippen LogP contribution in [0, 0.1) is 6.92 Å². The number of carbonyl (C=O) groups is 1. The van der Waals surface area contributed by atoms with Crippen LogP contribution in [-0.4, -0.2) is 17.7 Å². The van der Waals surface area contributed by atoms with Gasteiger partial charge < -0.3 is 9.26 Å². The largest absolute Gasteiger partial charge is 0.460 e. The number of esters is 1. The minimum Gasteiger partial charge on any atom is -0.460 e. The smallest absolute Gasteiger partial charge is 0.377 e. The molecule has 2 aromatic rings. The van der Waals surface area contributed by atoms with Gasteiger partial charge in [0.25, 0.3) is 5.76 Å². The van der Waals surface area contributed by atoms with E-state index < -0.39 is 5.97 Å². The fourth-order valence-corrected chi connectivity index (χ4v) is 1.57. The number of hydrogen-bond acceptors (Lipinski definition) is 4. The summed E-state index contributed by atoms with van der Waals surface area (Å²) in [6.07, 6.45) is 0. The molecule has 0 fully saturated rings. The lowest BCUT2D eigenvalue weighted by Crippen LogP contribution is -2.03. The number of carbonyl (C=O) groups excluding carboxylic acids is 1. The van der Waals surface area contributed by atoms with Gasteiger partial charge in [0.1, 0.15) is 5.52 Å². The number of rotatable bonds is 2. The van der Waals surface area contributed by atoms with E-state index >= 15 is 0 Å². The SMILES string of the molecule is CCOC(=O)c1onc2cc(Cl)c(C)cc12. The highest BCUT2D eigenvalue weighted by Gasteiger charge is 2.18. The summed E-state index contributed by atoms with van der Waals surface area (Å²) >= 11 is 5.94. The van der Waals surface area contributed by atoms with Crippen LogP contribution in [-0.2, 0) is 4.74 Å². The Labute approximate surface area is 97.1 Å². The zero-order valence-electron chi connectivity index (χ0n) is 8.91. The molecule has 0 aliphatic carbocycles. The highest BCUT2D eigenvalue weighted by Crippen LogP contribution is 2.25. The van der Waals surface area contributed by atoms with E-state index in [0.717, 1.165) is 5.56 Å². The number of halogens is 1. The topological polar surface area (TPSA) is 52.3 Å². The molecule has 1 aromatic heterocycles. The van der Waals surface area contributed by atoms with Crippen molar-refractivity contribution in [2.45, 2.75) is 13.8 Å². The zero-order chi connectivity index (χ0) is 11.7. The van der Waals surface area contributed by atoms with Crippen LogP contribution in [0.15, 0.2) is 16.7 Å². The third-order valence-electron chi connectivity index (χ3n) is 2.22. The molecule has 0 N–H and O–H groups in total. The molecule has 0 amide bonds. The predicted molar refractivity (Wildman–Crippen MR) is 59.7 cm³/mol. The summed E-state index contributed by atoms with van der Waals surface area (Å²) in [7, 11) is 0. The Bertz CT molecular complexity index is 547. The van der Waals surface area contributed by atoms with Crippen LogP contribution < -0.4 is 0 Å². The first-order valence-corrected chi connectivity index (χ1v) is 5.24. The van der Waals surface area contributed by atoms with Gasteiger partial charge in [-0.15, -0.1) is 0 Å². The first kappa shape index (κ1) is 11.0. The molecule has 84 valence electrons. The summed E-state index contributed by atoms with van der Waals surface area (Å²) < 4.78 is 9.82. The second-order valence-corrected chi connectivity index (χ2v) is 3.76. The average Bonchev–Trinajstić information content (AvgIpc) is 2.62. The minimum absolute atomic E-state index is 0.122. The van der Waals surface area contributed by atoms with E-state index in [2.05, 4.69) is 5.16 Å². The van der Waals surface area contributed by atoms with Crippen molar-refractivity contribution in [3.63, 3.8) is 0 Å². The van der Waals surface area contributed by atoms with Gasteiger partial charge in [0.05, 0.1) is 12.0 Å². The Kier molecular flexibility index (Phi) is 2.83. The van der Waals surface area contributed by atoms with Crippen molar-refractivity contribution in [2.75, 3.05) is 6.61 Å². The molecule has 0 radical (unpaired) electrons. The van der Waals surface area contributed by atoms with E-state index in [-0.39, 0.29) is 5.76 Å². The van der Waals surface area contributed by atoms with Crippen molar-refractivity contribution >= 4 is 28.5 Å². The van der Waals surface area contributed by atoms with Crippen LogP contribution in [0.25, 0.3) is 10.9 Å². The van der Waals surface area contributed by atoms with Crippen molar-refractivity contribution in [3.05, 3.63) is 28.5 Å². The number of aryl methyl sites for hydroxylation is 1. The van der Waals surface area contributed by atoms with Gasteiger partial charge >= 0.3 is 5.97 Å². The van der Waals surface area contributed by atoms with Gasteiger partial charge in [0.15, 0.2) is 0 Å². The number of fused-ring (bicyclic) bond motifs is 1. The number of hydrogen-bond donors (Lipinski definition) is 0. The maximum atomic E-state index is 11.5. The monoisotopic (exact) mass is 239 g/mol. The Morgan fingerprint density at radius 2 is 2.31 bits per heavy atom. The van der Waals surface area contributed by atoms with Crippen LogP contribution >= 0.6 is 11.6 Å². The molecule has 0 saturated carbocycles. The third kappa shape index (κ3) is 1.76. The molecule has 0 spiro atoms. The van der Waals surface area contributed by atoms with E-state index in [1.54, 1.807) is 19.1 Å². The van der Waals surface area contributed by atoms with Gasteiger partial charge in [-0.3, -0.25) is 0 Å². The normalized spacial score (nSPS) is 10.7. The van der Waals surface area contributed by atoms with E-state index in [4.69, 9.17) is 20.9 Å². The maximum absolute atomic E-state index is 11.5. The van der Waals surface area contributed by atoms with E-state index in [1.165, 1.54) is 0 Å². The van der Waals surface area contributed by atoms with Gasteiger partial charge in [0.2, 0.25) is 0 Å². The molecule has 5 heteroatoms. The second kappa shape index (κ2) is 4.14. The molecule has 0 saturated heterocycles. The van der Waals surface area contributed by atoms with E-state index in [0.29, 0.717) is 22.5 Å². The lowest BCUT2D eigenvalue weighted by atomic mass is 10.1. The summed E-state index contributed by atoms with van der Waals surface area (Å²) in [4.78, 5) is 11.5. The summed E-state index contributed by atoms with van der Waals surface area (Å²) in [5, 5.41) is 4.98. The molecular weight excluding hydrogens is 230 g/mol. The fraction of sp³-hybridized carbons (Fsp3) is 0.273. The van der Waals surface area contributed by atoms with Crippen LogP contribution in [0.5, 0.6) is 0 Å². The molecule has 2 rings (SSSR count). The zero-order valence-corrected chi connectivity index (χ0v) is 9.67. The molecule has 16 heavy (non-hydrogen) atoms. The third-order valence-corrected chi connectivity index (χ3v) is 2.62.